The lowest BCUT2D eigenvalue weighted by Gasteiger charge is -2.33. The molecule has 8 heteroatoms. The lowest BCUT2D eigenvalue weighted by Crippen LogP contribution is -2.53. The van der Waals surface area contributed by atoms with Crippen molar-refractivity contribution in [1.29, 1.82) is 0 Å². The fourth-order valence-corrected chi connectivity index (χ4v) is 5.30. The molecule has 3 aromatic carbocycles. The summed E-state index contributed by atoms with van der Waals surface area (Å²) in [6, 6.07) is 16.2. The lowest BCUT2D eigenvalue weighted by molar-refractivity contribution is -0.126. The van der Waals surface area contributed by atoms with Gasteiger partial charge in [0.15, 0.2) is 11.0 Å². The first kappa shape index (κ1) is 21.9. The number of hydrogen-bond acceptors (Lipinski definition) is 4. The number of hydrogen-bond donors (Lipinski definition) is 0. The monoisotopic (exact) mass is 484 g/mol. The van der Waals surface area contributed by atoms with Gasteiger partial charge in [-0.25, -0.2) is 8.78 Å². The molecule has 4 aromatic rings. The minimum Gasteiger partial charge on any atom is -0.450 e. The molecule has 0 N–H and O–H groups in total. The topological polar surface area (TPSA) is 70.8 Å². The van der Waals surface area contributed by atoms with Gasteiger partial charge in [0.25, 0.3) is 11.8 Å². The van der Waals surface area contributed by atoms with Crippen LogP contribution in [-0.4, -0.2) is 23.3 Å². The molecule has 178 valence electrons. The smallest absolute Gasteiger partial charge is 0.291 e. The molecule has 0 fully saturated rings. The number of rotatable bonds is 4. The third-order valence-electron chi connectivity index (χ3n) is 6.80. The van der Waals surface area contributed by atoms with Gasteiger partial charge in [0.1, 0.15) is 17.2 Å². The number of benzene rings is 3. The van der Waals surface area contributed by atoms with Gasteiger partial charge in [0.2, 0.25) is 5.76 Å². The maximum atomic E-state index is 14.6. The van der Waals surface area contributed by atoms with Crippen molar-refractivity contribution in [3.05, 3.63) is 124 Å². The first-order valence-electron chi connectivity index (χ1n) is 11.2. The molecule has 0 aliphatic carbocycles. The van der Waals surface area contributed by atoms with Crippen LogP contribution in [0.3, 0.4) is 0 Å². The van der Waals surface area contributed by atoms with Crippen LogP contribution in [0, 0.1) is 11.6 Å². The van der Waals surface area contributed by atoms with E-state index in [1.54, 1.807) is 42.5 Å². The molecule has 2 amide bonds. The molecule has 6 nitrogen and oxygen atoms in total. The summed E-state index contributed by atoms with van der Waals surface area (Å²) in [6.07, 6.45) is 1.45. The number of halogens is 2. The summed E-state index contributed by atoms with van der Waals surface area (Å²) < 4.78 is 34.5. The van der Waals surface area contributed by atoms with Gasteiger partial charge in [-0.05, 0) is 30.3 Å². The Balaban J connectivity index is 1.67. The van der Waals surface area contributed by atoms with E-state index in [-0.39, 0.29) is 40.9 Å². The van der Waals surface area contributed by atoms with Crippen molar-refractivity contribution in [3.63, 3.8) is 0 Å². The van der Waals surface area contributed by atoms with Gasteiger partial charge >= 0.3 is 0 Å². The van der Waals surface area contributed by atoms with Gasteiger partial charge in [-0.3, -0.25) is 14.4 Å². The second-order valence-electron chi connectivity index (χ2n) is 8.69. The molecule has 1 unspecified atom stereocenters. The van der Waals surface area contributed by atoms with E-state index < -0.39 is 34.4 Å². The van der Waals surface area contributed by atoms with Crippen molar-refractivity contribution in [3.8, 4) is 0 Å². The highest BCUT2D eigenvalue weighted by atomic mass is 19.1. The van der Waals surface area contributed by atoms with E-state index in [0.29, 0.717) is 11.3 Å². The van der Waals surface area contributed by atoms with E-state index in [0.717, 1.165) is 12.1 Å². The summed E-state index contributed by atoms with van der Waals surface area (Å²) in [5, 5.41) is -0.0841. The highest BCUT2D eigenvalue weighted by Gasteiger charge is 2.64. The van der Waals surface area contributed by atoms with E-state index in [1.807, 2.05) is 0 Å². The molecule has 0 saturated heterocycles. The van der Waals surface area contributed by atoms with Crippen molar-refractivity contribution in [2.75, 3.05) is 11.4 Å². The fourth-order valence-electron chi connectivity index (χ4n) is 5.30. The number of carbonyl (C=O) groups excluding carboxylic acids is 2. The minimum atomic E-state index is -1.87. The second-order valence-corrected chi connectivity index (χ2v) is 8.69. The SMILES string of the molecule is C=CCN1C(=O)c2oc3ccc(F)cc3c(=O)c2C12C(=O)N(Cc1ccccc1F)c1ccccc12. The Morgan fingerprint density at radius 3 is 2.50 bits per heavy atom. The largest absolute Gasteiger partial charge is 0.450 e. The zero-order valence-corrected chi connectivity index (χ0v) is 18.8. The van der Waals surface area contributed by atoms with Crippen LogP contribution in [0.5, 0.6) is 0 Å². The molecule has 0 bridgehead atoms. The van der Waals surface area contributed by atoms with Crippen LogP contribution in [0.15, 0.2) is 88.6 Å². The Kier molecular flexibility index (Phi) is 4.69. The lowest BCUT2D eigenvalue weighted by atomic mass is 9.84. The van der Waals surface area contributed by atoms with Crippen LogP contribution in [0.2, 0.25) is 0 Å². The van der Waals surface area contributed by atoms with Crippen LogP contribution in [0.1, 0.15) is 27.2 Å². The van der Waals surface area contributed by atoms with Crippen molar-refractivity contribution in [2.24, 2.45) is 0 Å². The molecule has 3 heterocycles. The third-order valence-corrected chi connectivity index (χ3v) is 6.80. The molecule has 1 atom stereocenters. The first-order chi connectivity index (χ1) is 17.4. The normalized spacial score (nSPS) is 18.3. The number of carbonyl (C=O) groups is 2. The van der Waals surface area contributed by atoms with Gasteiger partial charge < -0.3 is 14.2 Å². The zero-order valence-electron chi connectivity index (χ0n) is 18.8. The molecule has 2 aliphatic rings. The maximum Gasteiger partial charge on any atom is 0.291 e. The summed E-state index contributed by atoms with van der Waals surface area (Å²) in [7, 11) is 0. The Morgan fingerprint density at radius 1 is 0.972 bits per heavy atom. The van der Waals surface area contributed by atoms with Crippen molar-refractivity contribution in [1.82, 2.24) is 4.90 Å². The minimum absolute atomic E-state index is 0.0334. The van der Waals surface area contributed by atoms with Gasteiger partial charge in [0, 0.05) is 17.7 Å². The quantitative estimate of drug-likeness (QED) is 0.400. The molecule has 6 rings (SSSR count). The average Bonchev–Trinajstić information content (AvgIpc) is 3.26. The maximum absolute atomic E-state index is 14.6. The number of fused-ring (bicyclic) bond motifs is 5. The van der Waals surface area contributed by atoms with Crippen molar-refractivity contribution < 1.29 is 22.8 Å². The molecule has 0 radical (unpaired) electrons. The summed E-state index contributed by atoms with van der Waals surface area (Å²) in [5.74, 6) is -2.70. The molecule has 2 aliphatic heterocycles. The van der Waals surface area contributed by atoms with Gasteiger partial charge in [0.05, 0.1) is 23.2 Å². The van der Waals surface area contributed by atoms with Gasteiger partial charge in [-0.15, -0.1) is 6.58 Å². The predicted molar refractivity (Wildman–Crippen MR) is 128 cm³/mol. The van der Waals surface area contributed by atoms with Crippen molar-refractivity contribution >= 4 is 28.5 Å². The molecule has 0 saturated carbocycles. The van der Waals surface area contributed by atoms with Crippen LogP contribution < -0.4 is 10.3 Å². The molecular weight excluding hydrogens is 466 g/mol. The van der Waals surface area contributed by atoms with E-state index in [4.69, 9.17) is 4.42 Å². The van der Waals surface area contributed by atoms with Crippen LogP contribution in [-0.2, 0) is 16.9 Å². The fraction of sp³-hybridized carbons (Fsp3) is 0.107. The Labute approximate surface area is 203 Å². The summed E-state index contributed by atoms with van der Waals surface area (Å²) in [6.45, 7) is 3.53. The van der Waals surface area contributed by atoms with E-state index in [1.165, 1.54) is 28.0 Å². The van der Waals surface area contributed by atoms with Gasteiger partial charge in [-0.2, -0.15) is 0 Å². The summed E-state index contributed by atoms with van der Waals surface area (Å²) >= 11 is 0. The van der Waals surface area contributed by atoms with E-state index in [2.05, 4.69) is 6.58 Å². The number of para-hydroxylation sites is 1. The van der Waals surface area contributed by atoms with E-state index >= 15 is 0 Å². The van der Waals surface area contributed by atoms with Crippen LogP contribution in [0.25, 0.3) is 11.0 Å². The number of amides is 2. The van der Waals surface area contributed by atoms with E-state index in [9.17, 15) is 23.2 Å². The highest BCUT2D eigenvalue weighted by Crippen LogP contribution is 2.52. The summed E-state index contributed by atoms with van der Waals surface area (Å²) in [5.41, 5.74) is -1.62. The van der Waals surface area contributed by atoms with Crippen molar-refractivity contribution in [2.45, 2.75) is 12.1 Å². The first-order valence-corrected chi connectivity index (χ1v) is 11.2. The molecule has 1 aromatic heterocycles. The van der Waals surface area contributed by atoms with Gasteiger partial charge in [-0.1, -0.05) is 42.5 Å². The Morgan fingerprint density at radius 2 is 1.72 bits per heavy atom. The highest BCUT2D eigenvalue weighted by molar-refractivity contribution is 6.17. The zero-order chi connectivity index (χ0) is 25.2. The Hall–Kier alpha value is -4.59. The molecule has 36 heavy (non-hydrogen) atoms. The predicted octanol–water partition coefficient (Wildman–Crippen LogP) is 4.50. The summed E-state index contributed by atoms with van der Waals surface area (Å²) in [4.78, 5) is 44.4. The van der Waals surface area contributed by atoms with Crippen LogP contribution in [0.4, 0.5) is 14.5 Å². The average molecular weight is 484 g/mol. The molecular formula is C28H18F2N2O4. The Bertz CT molecular complexity index is 1680. The number of nitrogens with zero attached hydrogens (tertiary/aromatic N) is 2. The standard InChI is InChI=1S/C28H18F2N2O4/c1-2-13-32-26(34)25-23(24(33)18-14-17(29)11-12-22(18)36-25)28(32)19-8-4-6-10-21(19)31(27(28)35)15-16-7-3-5-9-20(16)30/h2-12,14H,1,13,15H2. The third kappa shape index (κ3) is 2.72. The number of anilines is 1. The second kappa shape index (κ2) is 7.71. The van der Waals surface area contributed by atoms with Crippen LogP contribution >= 0.6 is 0 Å². The molecule has 1 spiro atoms.